The van der Waals surface area contributed by atoms with E-state index in [4.69, 9.17) is 11.6 Å². The molecule has 1 aromatic heterocycles. The number of pyridine rings is 1. The van der Waals surface area contributed by atoms with Crippen LogP contribution in [-0.2, 0) is 24.1 Å². The summed E-state index contributed by atoms with van der Waals surface area (Å²) in [6, 6.07) is 16.1. The molecule has 0 fully saturated rings. The summed E-state index contributed by atoms with van der Waals surface area (Å²) in [6.07, 6.45) is 1.53. The normalized spacial score (nSPS) is 13.9. The Morgan fingerprint density at radius 2 is 1.85 bits per heavy atom. The van der Waals surface area contributed by atoms with Gasteiger partial charge in [0.05, 0.1) is 16.1 Å². The molecule has 1 aliphatic rings. The zero-order chi connectivity index (χ0) is 24.0. The van der Waals surface area contributed by atoms with Gasteiger partial charge in [0, 0.05) is 42.3 Å². The van der Waals surface area contributed by atoms with Crippen LogP contribution in [0.4, 0.5) is 10.1 Å². The Bertz CT molecular complexity index is 1450. The van der Waals surface area contributed by atoms with E-state index in [0.717, 1.165) is 5.56 Å². The summed E-state index contributed by atoms with van der Waals surface area (Å²) < 4.78 is 28.4. The van der Waals surface area contributed by atoms with E-state index in [9.17, 15) is 18.5 Å². The molecule has 1 N–H and O–H groups in total. The minimum absolute atomic E-state index is 0.142. The Morgan fingerprint density at radius 3 is 2.56 bits per heavy atom. The van der Waals surface area contributed by atoms with E-state index < -0.39 is 11.0 Å². The molecule has 9 heteroatoms. The lowest BCUT2D eigenvalue weighted by molar-refractivity contribution is 0.0764. The molecule has 0 aliphatic carbocycles. The number of phenolic OH excluding ortho intramolecular Hbond substituents is 1. The number of fused-ring (bicyclic) bond motifs is 2. The van der Waals surface area contributed by atoms with Crippen molar-refractivity contribution >= 4 is 45.1 Å². The highest BCUT2D eigenvalue weighted by atomic mass is 35.5. The highest BCUT2D eigenvalue weighted by Gasteiger charge is 2.36. The van der Waals surface area contributed by atoms with Crippen LogP contribution in [0.1, 0.15) is 21.5 Å². The molecule has 1 unspecified atom stereocenters. The topological polar surface area (TPSA) is 73.7 Å². The lowest BCUT2D eigenvalue weighted by Gasteiger charge is -2.23. The Labute approximate surface area is 202 Å². The summed E-state index contributed by atoms with van der Waals surface area (Å²) in [7, 11) is 0.0658. The Hall–Kier alpha value is -3.49. The number of hydrogen-bond donors (Lipinski definition) is 1. The minimum atomic E-state index is -1.61. The van der Waals surface area contributed by atoms with Crippen LogP contribution in [0.5, 0.6) is 5.75 Å². The first-order valence-corrected chi connectivity index (χ1v) is 11.9. The molecule has 0 bridgehead atoms. The maximum atomic E-state index is 13.4. The minimum Gasteiger partial charge on any atom is -0.505 e. The fourth-order valence-electron chi connectivity index (χ4n) is 4.22. The molecular weight excluding hydrogens is 477 g/mol. The maximum absolute atomic E-state index is 13.4. The van der Waals surface area contributed by atoms with Crippen molar-refractivity contribution in [1.29, 1.82) is 0 Å². The van der Waals surface area contributed by atoms with Gasteiger partial charge in [0.25, 0.3) is 5.91 Å². The molecule has 3 aromatic carbocycles. The molecule has 0 saturated heterocycles. The number of aromatic nitrogens is 1. The summed E-state index contributed by atoms with van der Waals surface area (Å²) in [5, 5.41) is 12.1. The third kappa shape index (κ3) is 3.78. The van der Waals surface area contributed by atoms with Crippen LogP contribution in [0.25, 0.3) is 10.9 Å². The van der Waals surface area contributed by atoms with Gasteiger partial charge in [-0.05, 0) is 54.1 Å². The summed E-state index contributed by atoms with van der Waals surface area (Å²) in [5.74, 6) is -0.925. The first-order chi connectivity index (χ1) is 16.3. The molecule has 1 atom stereocenters. The SMILES string of the molecule is CN(c1c2c(c(O)c3ncccc13)C(=O)N(Cc1ccc(F)cc1)C2)S(=O)c1ccc(Cl)cc1. The molecule has 172 valence electrons. The van der Waals surface area contributed by atoms with Crippen molar-refractivity contribution in [3.8, 4) is 5.75 Å². The van der Waals surface area contributed by atoms with E-state index in [2.05, 4.69) is 4.98 Å². The molecule has 1 amide bonds. The number of aromatic hydroxyl groups is 1. The van der Waals surface area contributed by atoms with Crippen molar-refractivity contribution in [2.45, 2.75) is 18.0 Å². The van der Waals surface area contributed by atoms with Gasteiger partial charge in [-0.2, -0.15) is 0 Å². The zero-order valence-electron chi connectivity index (χ0n) is 18.0. The van der Waals surface area contributed by atoms with Crippen LogP contribution < -0.4 is 4.31 Å². The third-order valence-corrected chi connectivity index (χ3v) is 7.43. The van der Waals surface area contributed by atoms with Gasteiger partial charge in [0.15, 0.2) is 16.7 Å². The van der Waals surface area contributed by atoms with E-state index >= 15 is 0 Å². The van der Waals surface area contributed by atoms with E-state index in [-0.39, 0.29) is 41.6 Å². The lowest BCUT2D eigenvalue weighted by atomic mass is 10.0. The first kappa shape index (κ1) is 22.3. The van der Waals surface area contributed by atoms with Gasteiger partial charge in [-0.3, -0.25) is 14.1 Å². The number of amides is 1. The molecule has 4 aromatic rings. The smallest absolute Gasteiger partial charge is 0.258 e. The van der Waals surface area contributed by atoms with Crippen molar-refractivity contribution < 1.29 is 18.5 Å². The number of nitrogens with zero attached hydrogens (tertiary/aromatic N) is 3. The molecule has 0 spiro atoms. The quantitative estimate of drug-likeness (QED) is 0.420. The van der Waals surface area contributed by atoms with Gasteiger partial charge in [-0.1, -0.05) is 23.7 Å². The predicted molar refractivity (Wildman–Crippen MR) is 130 cm³/mol. The fourth-order valence-corrected chi connectivity index (χ4v) is 5.41. The first-order valence-electron chi connectivity index (χ1n) is 10.4. The molecule has 2 heterocycles. The number of phenols is 1. The van der Waals surface area contributed by atoms with Crippen molar-refractivity contribution in [1.82, 2.24) is 9.88 Å². The van der Waals surface area contributed by atoms with Crippen molar-refractivity contribution in [2.75, 3.05) is 11.4 Å². The van der Waals surface area contributed by atoms with E-state index in [1.54, 1.807) is 64.8 Å². The average Bonchev–Trinajstić information content (AvgIpc) is 3.16. The molecule has 1 aliphatic heterocycles. The Balaban J connectivity index is 1.62. The number of anilines is 1. The van der Waals surface area contributed by atoms with Crippen LogP contribution in [-0.4, -0.2) is 32.2 Å². The van der Waals surface area contributed by atoms with Crippen molar-refractivity contribution in [3.63, 3.8) is 0 Å². The number of benzene rings is 3. The number of hydrogen-bond acceptors (Lipinski definition) is 4. The standard InChI is InChI=1S/C25H19ClFN3O3S/c1-29(34(33)18-10-6-16(26)7-11-18)23-19-3-2-12-28-22(19)24(31)21-20(23)14-30(25(21)32)13-15-4-8-17(27)9-5-15/h2-12,31H,13-14H2,1H3. The number of carbonyl (C=O) groups excluding carboxylic acids is 1. The molecule has 6 nitrogen and oxygen atoms in total. The van der Waals surface area contributed by atoms with E-state index in [1.165, 1.54) is 18.3 Å². The van der Waals surface area contributed by atoms with Gasteiger partial charge in [-0.15, -0.1) is 0 Å². The number of carbonyl (C=O) groups is 1. The lowest BCUT2D eigenvalue weighted by Crippen LogP contribution is -2.24. The Morgan fingerprint density at radius 1 is 1.15 bits per heavy atom. The van der Waals surface area contributed by atoms with Crippen molar-refractivity contribution in [2.24, 2.45) is 0 Å². The summed E-state index contributed by atoms with van der Waals surface area (Å²) in [4.78, 5) is 19.7. The molecule has 0 saturated carbocycles. The van der Waals surface area contributed by atoms with Crippen LogP contribution in [0.15, 0.2) is 71.8 Å². The summed E-state index contributed by atoms with van der Waals surface area (Å²) >= 11 is 5.98. The van der Waals surface area contributed by atoms with Gasteiger partial charge in [0.1, 0.15) is 11.3 Å². The van der Waals surface area contributed by atoms with Crippen molar-refractivity contribution in [3.05, 3.63) is 94.4 Å². The van der Waals surface area contributed by atoms with Crippen LogP contribution >= 0.6 is 11.6 Å². The second-order valence-corrected chi connectivity index (χ2v) is 9.89. The third-order valence-electron chi connectivity index (χ3n) is 5.83. The molecule has 0 radical (unpaired) electrons. The number of rotatable bonds is 5. The van der Waals surface area contributed by atoms with E-state index in [0.29, 0.717) is 26.6 Å². The molecule has 34 heavy (non-hydrogen) atoms. The summed E-state index contributed by atoms with van der Waals surface area (Å²) in [5.41, 5.74) is 2.27. The maximum Gasteiger partial charge on any atom is 0.258 e. The number of halogens is 2. The molecule has 5 rings (SSSR count). The van der Waals surface area contributed by atoms with Gasteiger partial charge in [-0.25, -0.2) is 8.60 Å². The van der Waals surface area contributed by atoms with Gasteiger partial charge >= 0.3 is 0 Å². The van der Waals surface area contributed by atoms with Crippen LogP contribution in [0.3, 0.4) is 0 Å². The Kier molecular flexibility index (Phi) is 5.71. The van der Waals surface area contributed by atoms with Gasteiger partial charge in [0.2, 0.25) is 0 Å². The second-order valence-electron chi connectivity index (χ2n) is 7.94. The monoisotopic (exact) mass is 495 g/mol. The molecular formula is C25H19ClFN3O3S. The fraction of sp³-hybridized carbons (Fsp3) is 0.120. The highest BCUT2D eigenvalue weighted by Crippen LogP contribution is 2.44. The average molecular weight is 496 g/mol. The second kappa shape index (κ2) is 8.70. The highest BCUT2D eigenvalue weighted by molar-refractivity contribution is 7.86. The predicted octanol–water partition coefficient (Wildman–Crippen LogP) is 5.05. The van der Waals surface area contributed by atoms with Crippen LogP contribution in [0, 0.1) is 5.82 Å². The van der Waals surface area contributed by atoms with Crippen LogP contribution in [0.2, 0.25) is 5.02 Å². The summed E-state index contributed by atoms with van der Waals surface area (Å²) in [6.45, 7) is 0.432. The van der Waals surface area contributed by atoms with E-state index in [1.807, 2.05) is 0 Å². The van der Waals surface area contributed by atoms with Gasteiger partial charge < -0.3 is 10.0 Å². The zero-order valence-corrected chi connectivity index (χ0v) is 19.6. The largest absolute Gasteiger partial charge is 0.505 e.